The molecule has 1 aliphatic rings. The van der Waals surface area contributed by atoms with Crippen LogP contribution >= 0.6 is 11.6 Å². The van der Waals surface area contributed by atoms with E-state index in [2.05, 4.69) is 13.8 Å². The number of fused-ring (bicyclic) bond motifs is 1. The molecule has 4 rings (SSSR count). The predicted octanol–water partition coefficient (Wildman–Crippen LogP) is 6.80. The fourth-order valence-electron chi connectivity index (χ4n) is 3.21. The summed E-state index contributed by atoms with van der Waals surface area (Å²) >= 11 is 6.03. The molecule has 1 heterocycles. The number of Topliss-reactive ketones (excluding diaryl/α,β-unsaturated/α-hetero) is 1. The molecule has 0 unspecified atom stereocenters. The number of carbonyl (C=O) groups is 1. The summed E-state index contributed by atoms with van der Waals surface area (Å²) < 4.78 is 25.4. The van der Waals surface area contributed by atoms with Gasteiger partial charge in [0.25, 0.3) is 0 Å². The highest BCUT2D eigenvalue weighted by atomic mass is 35.5. The van der Waals surface area contributed by atoms with Crippen LogP contribution in [-0.4, -0.2) is 5.78 Å². The molecule has 3 nitrogen and oxygen atoms in total. The van der Waals surface area contributed by atoms with Crippen LogP contribution in [0.3, 0.4) is 0 Å². The molecule has 0 aliphatic carbocycles. The first-order valence-corrected chi connectivity index (χ1v) is 10.0. The summed E-state index contributed by atoms with van der Waals surface area (Å²) in [5.41, 5.74) is 2.87. The second-order valence-corrected chi connectivity index (χ2v) is 7.82. The van der Waals surface area contributed by atoms with Crippen LogP contribution < -0.4 is 9.47 Å². The quantitative estimate of drug-likeness (QED) is 0.424. The molecule has 0 bridgehead atoms. The topological polar surface area (TPSA) is 35.5 Å². The fourth-order valence-corrected chi connectivity index (χ4v) is 3.43. The van der Waals surface area contributed by atoms with Crippen LogP contribution in [0.15, 0.2) is 66.4 Å². The Hall–Kier alpha value is -3.11. The van der Waals surface area contributed by atoms with Crippen LogP contribution in [0.4, 0.5) is 4.39 Å². The second-order valence-electron chi connectivity index (χ2n) is 7.41. The molecule has 5 heteroatoms. The summed E-state index contributed by atoms with van der Waals surface area (Å²) in [6.07, 6.45) is 1.73. The minimum Gasteiger partial charge on any atom is -0.489 e. The molecule has 0 radical (unpaired) electrons. The molecular weight excluding hydrogens is 403 g/mol. The number of benzene rings is 3. The molecule has 0 saturated carbocycles. The smallest absolute Gasteiger partial charge is 0.231 e. The number of allylic oxidation sites excluding steroid dienone is 1. The van der Waals surface area contributed by atoms with Crippen LogP contribution in [0, 0.1) is 5.82 Å². The zero-order valence-electron chi connectivity index (χ0n) is 16.6. The highest BCUT2D eigenvalue weighted by Crippen LogP contribution is 2.35. The number of ether oxygens (including phenoxy) is 2. The molecule has 3 aromatic carbocycles. The first-order chi connectivity index (χ1) is 14.4. The molecule has 0 amide bonds. The SMILES string of the molecule is CC(C)c1ccc(/C=C2\Oc3cc(OCc4c(F)cccc4Cl)ccc3C2=O)cc1. The van der Waals surface area contributed by atoms with Gasteiger partial charge in [-0.25, -0.2) is 4.39 Å². The molecule has 0 fully saturated rings. The number of hydrogen-bond acceptors (Lipinski definition) is 3. The number of rotatable bonds is 5. The van der Waals surface area contributed by atoms with Gasteiger partial charge in [0.1, 0.15) is 23.9 Å². The van der Waals surface area contributed by atoms with Crippen molar-refractivity contribution in [2.75, 3.05) is 0 Å². The van der Waals surface area contributed by atoms with Crippen LogP contribution in [0.25, 0.3) is 6.08 Å². The van der Waals surface area contributed by atoms with Crippen molar-refractivity contribution in [1.29, 1.82) is 0 Å². The predicted molar refractivity (Wildman–Crippen MR) is 116 cm³/mol. The molecule has 3 aromatic rings. The Kier molecular flexibility index (Phi) is 5.60. The number of carbonyl (C=O) groups excluding carboxylic acids is 1. The van der Waals surface area contributed by atoms with Crippen molar-refractivity contribution in [3.05, 3.63) is 99.5 Å². The third kappa shape index (κ3) is 4.10. The van der Waals surface area contributed by atoms with Crippen LogP contribution in [-0.2, 0) is 6.61 Å². The van der Waals surface area contributed by atoms with Crippen molar-refractivity contribution in [2.45, 2.75) is 26.4 Å². The maximum atomic E-state index is 13.9. The molecule has 0 aromatic heterocycles. The van der Waals surface area contributed by atoms with Gasteiger partial charge >= 0.3 is 0 Å². The van der Waals surface area contributed by atoms with Crippen molar-refractivity contribution in [3.63, 3.8) is 0 Å². The second kappa shape index (κ2) is 8.33. The molecule has 152 valence electrons. The van der Waals surface area contributed by atoms with Gasteiger partial charge in [-0.3, -0.25) is 4.79 Å². The van der Waals surface area contributed by atoms with Crippen molar-refractivity contribution in [2.24, 2.45) is 0 Å². The lowest BCUT2D eigenvalue weighted by molar-refractivity contribution is 0.101. The van der Waals surface area contributed by atoms with E-state index in [1.165, 1.54) is 11.6 Å². The van der Waals surface area contributed by atoms with Gasteiger partial charge in [-0.05, 0) is 47.4 Å². The summed E-state index contributed by atoms with van der Waals surface area (Å²) in [6.45, 7) is 4.24. The highest BCUT2D eigenvalue weighted by molar-refractivity contribution is 6.31. The monoisotopic (exact) mass is 422 g/mol. The molecular formula is C25H20ClFO3. The molecule has 0 N–H and O–H groups in total. The summed E-state index contributed by atoms with van der Waals surface area (Å²) in [4.78, 5) is 12.7. The Labute approximate surface area is 179 Å². The zero-order chi connectivity index (χ0) is 21.3. The van der Waals surface area contributed by atoms with E-state index >= 15 is 0 Å². The van der Waals surface area contributed by atoms with E-state index in [1.54, 1.807) is 36.4 Å². The lowest BCUT2D eigenvalue weighted by atomic mass is 10.0. The van der Waals surface area contributed by atoms with Crippen molar-refractivity contribution in [3.8, 4) is 11.5 Å². The van der Waals surface area contributed by atoms with Gasteiger partial charge in [0, 0.05) is 11.6 Å². The lowest BCUT2D eigenvalue weighted by Crippen LogP contribution is -1.99. The van der Waals surface area contributed by atoms with Crippen molar-refractivity contribution < 1.29 is 18.7 Å². The maximum absolute atomic E-state index is 13.9. The minimum absolute atomic E-state index is 0.0247. The molecule has 30 heavy (non-hydrogen) atoms. The number of hydrogen-bond donors (Lipinski definition) is 0. The van der Waals surface area contributed by atoms with Crippen LogP contribution in [0.2, 0.25) is 5.02 Å². The van der Waals surface area contributed by atoms with Crippen LogP contribution in [0.1, 0.15) is 46.8 Å². The van der Waals surface area contributed by atoms with Crippen LogP contribution in [0.5, 0.6) is 11.5 Å². The average Bonchev–Trinajstić information content (AvgIpc) is 3.03. The van der Waals surface area contributed by atoms with Crippen molar-refractivity contribution >= 4 is 23.5 Å². The normalized spacial score (nSPS) is 14.2. The van der Waals surface area contributed by atoms with Crippen molar-refractivity contribution in [1.82, 2.24) is 0 Å². The van der Waals surface area contributed by atoms with E-state index in [0.29, 0.717) is 28.0 Å². The third-order valence-electron chi connectivity index (χ3n) is 4.99. The van der Waals surface area contributed by atoms with Gasteiger partial charge in [-0.1, -0.05) is 55.8 Å². The minimum atomic E-state index is -0.427. The van der Waals surface area contributed by atoms with E-state index in [-0.39, 0.29) is 23.7 Å². The standard InChI is InChI=1S/C25H20ClFO3/c1-15(2)17-8-6-16(7-9-17)12-24-25(28)19-11-10-18(13-23(19)30-24)29-14-20-21(26)4-3-5-22(20)27/h3-13,15H,14H2,1-2H3/b24-12-. The molecule has 1 aliphatic heterocycles. The first-order valence-electron chi connectivity index (χ1n) is 9.66. The number of ketones is 1. The van der Waals surface area contributed by atoms with Gasteiger partial charge in [0.2, 0.25) is 5.78 Å². The third-order valence-corrected chi connectivity index (χ3v) is 5.34. The zero-order valence-corrected chi connectivity index (χ0v) is 17.4. The van der Waals surface area contributed by atoms with E-state index < -0.39 is 5.82 Å². The molecule has 0 spiro atoms. The van der Waals surface area contributed by atoms with Gasteiger partial charge in [-0.15, -0.1) is 0 Å². The van der Waals surface area contributed by atoms with Gasteiger partial charge in [0.05, 0.1) is 10.6 Å². The highest BCUT2D eigenvalue weighted by Gasteiger charge is 2.27. The number of halogens is 2. The van der Waals surface area contributed by atoms with Gasteiger partial charge in [0.15, 0.2) is 5.76 Å². The summed E-state index contributed by atoms with van der Waals surface area (Å²) in [5, 5.41) is 0.302. The van der Waals surface area contributed by atoms with E-state index in [4.69, 9.17) is 21.1 Å². The Morgan fingerprint density at radius 3 is 2.57 bits per heavy atom. The van der Waals surface area contributed by atoms with Gasteiger partial charge < -0.3 is 9.47 Å². The Bertz CT molecular complexity index is 1110. The first kappa shape index (κ1) is 20.2. The summed E-state index contributed by atoms with van der Waals surface area (Å²) in [7, 11) is 0. The Morgan fingerprint density at radius 1 is 1.10 bits per heavy atom. The largest absolute Gasteiger partial charge is 0.489 e. The summed E-state index contributed by atoms with van der Waals surface area (Å²) in [5.74, 6) is 0.977. The fraction of sp³-hybridized carbons (Fsp3) is 0.160. The van der Waals surface area contributed by atoms with E-state index in [0.717, 1.165) is 5.56 Å². The maximum Gasteiger partial charge on any atom is 0.231 e. The molecule has 0 atom stereocenters. The lowest BCUT2D eigenvalue weighted by Gasteiger charge is -2.09. The average molecular weight is 423 g/mol. The Morgan fingerprint density at radius 2 is 1.87 bits per heavy atom. The van der Waals surface area contributed by atoms with Gasteiger partial charge in [-0.2, -0.15) is 0 Å². The molecule has 0 saturated heterocycles. The van der Waals surface area contributed by atoms with E-state index in [9.17, 15) is 9.18 Å². The summed E-state index contributed by atoms with van der Waals surface area (Å²) in [6, 6.07) is 17.5. The van der Waals surface area contributed by atoms with E-state index in [1.807, 2.05) is 24.3 Å². The Balaban J connectivity index is 1.51.